The summed E-state index contributed by atoms with van der Waals surface area (Å²) in [6.45, 7) is 10.6. The molecule has 0 amide bonds. The van der Waals surface area contributed by atoms with Crippen LogP contribution < -0.4 is 0 Å². The first kappa shape index (κ1) is 12.4. The molecule has 0 atom stereocenters. The number of allylic oxidation sites excluding steroid dienone is 3. The van der Waals surface area contributed by atoms with Gasteiger partial charge in [-0.1, -0.05) is 32.4 Å². The summed E-state index contributed by atoms with van der Waals surface area (Å²) in [6, 6.07) is 0. The Morgan fingerprint density at radius 1 is 1.27 bits per heavy atom. The maximum absolute atomic E-state index is 5.88. The van der Waals surface area contributed by atoms with Crippen LogP contribution in [0.5, 0.6) is 0 Å². The van der Waals surface area contributed by atoms with Gasteiger partial charge in [-0.2, -0.15) is 0 Å². The van der Waals surface area contributed by atoms with Crippen molar-refractivity contribution in [3.05, 3.63) is 23.0 Å². The van der Waals surface area contributed by atoms with E-state index in [1.807, 2.05) is 13.8 Å². The molecule has 1 aliphatic heterocycles. The van der Waals surface area contributed by atoms with Crippen LogP contribution in [0.2, 0.25) is 0 Å². The summed E-state index contributed by atoms with van der Waals surface area (Å²) in [7, 11) is 0. The first-order valence-corrected chi connectivity index (χ1v) is 6.21. The maximum Gasteiger partial charge on any atom is 0.107 e. The Balaban J connectivity index is 0.000000531. The van der Waals surface area contributed by atoms with Crippen LogP contribution in [0, 0.1) is 0 Å². The van der Waals surface area contributed by atoms with Crippen LogP contribution in [0.1, 0.15) is 60.3 Å². The van der Waals surface area contributed by atoms with Gasteiger partial charge in [0.2, 0.25) is 0 Å². The van der Waals surface area contributed by atoms with E-state index in [1.54, 1.807) is 5.57 Å². The minimum atomic E-state index is 0.0460. The molecule has 0 radical (unpaired) electrons. The van der Waals surface area contributed by atoms with Gasteiger partial charge in [0.1, 0.15) is 11.4 Å². The third-order valence-corrected chi connectivity index (χ3v) is 2.88. The Labute approximate surface area is 94.2 Å². The molecule has 86 valence electrons. The molecular weight excluding hydrogens is 184 g/mol. The molecule has 1 nitrogen and oxygen atoms in total. The quantitative estimate of drug-likeness (QED) is 0.612. The molecule has 0 saturated heterocycles. The Kier molecular flexibility index (Phi) is 4.01. The molecule has 0 fully saturated rings. The van der Waals surface area contributed by atoms with Crippen LogP contribution in [-0.2, 0) is 4.74 Å². The highest BCUT2D eigenvalue weighted by atomic mass is 16.5. The monoisotopic (exact) mass is 208 g/mol. The van der Waals surface area contributed by atoms with Crippen LogP contribution in [0.3, 0.4) is 0 Å². The Morgan fingerprint density at radius 3 is 2.53 bits per heavy atom. The molecule has 15 heavy (non-hydrogen) atoms. The first-order valence-electron chi connectivity index (χ1n) is 6.21. The van der Waals surface area contributed by atoms with Crippen molar-refractivity contribution in [1.29, 1.82) is 0 Å². The van der Waals surface area contributed by atoms with Gasteiger partial charge in [0.05, 0.1) is 0 Å². The van der Waals surface area contributed by atoms with Crippen molar-refractivity contribution in [1.82, 2.24) is 0 Å². The average Bonchev–Trinajstić information content (AvgIpc) is 2.53. The van der Waals surface area contributed by atoms with E-state index in [2.05, 4.69) is 26.8 Å². The van der Waals surface area contributed by atoms with Crippen LogP contribution in [0.4, 0.5) is 0 Å². The second kappa shape index (κ2) is 4.87. The van der Waals surface area contributed by atoms with Crippen LogP contribution in [0.25, 0.3) is 0 Å². The standard InChI is InChI=1S/C12H18O.C2H6/c1-4-9-5-6-11-10(7-9)8-12(2,3)13-11;1-2/h7H,4-6,8H2,1-3H3;1-2H3. The molecule has 0 bridgehead atoms. The van der Waals surface area contributed by atoms with Crippen molar-refractivity contribution in [2.45, 2.75) is 65.9 Å². The summed E-state index contributed by atoms with van der Waals surface area (Å²) in [5, 5.41) is 0. The molecule has 1 heteroatoms. The van der Waals surface area contributed by atoms with E-state index in [0.29, 0.717) is 0 Å². The van der Waals surface area contributed by atoms with Crippen LogP contribution in [0.15, 0.2) is 23.0 Å². The smallest absolute Gasteiger partial charge is 0.107 e. The molecule has 0 spiro atoms. The van der Waals surface area contributed by atoms with Crippen molar-refractivity contribution in [2.75, 3.05) is 0 Å². The summed E-state index contributed by atoms with van der Waals surface area (Å²) >= 11 is 0. The Hall–Kier alpha value is -0.720. The third kappa shape index (κ3) is 2.87. The fourth-order valence-corrected chi connectivity index (χ4v) is 2.21. The number of rotatable bonds is 1. The second-order valence-corrected chi connectivity index (χ2v) is 4.64. The summed E-state index contributed by atoms with van der Waals surface area (Å²) in [5.41, 5.74) is 3.08. The van der Waals surface area contributed by atoms with E-state index in [0.717, 1.165) is 12.8 Å². The lowest BCUT2D eigenvalue weighted by atomic mass is 9.93. The largest absolute Gasteiger partial charge is 0.492 e. The third-order valence-electron chi connectivity index (χ3n) is 2.88. The van der Waals surface area contributed by atoms with E-state index in [-0.39, 0.29) is 5.60 Å². The fraction of sp³-hybridized carbons (Fsp3) is 0.714. The zero-order valence-corrected chi connectivity index (χ0v) is 10.8. The lowest BCUT2D eigenvalue weighted by Gasteiger charge is -2.19. The van der Waals surface area contributed by atoms with Gasteiger partial charge in [0, 0.05) is 12.8 Å². The van der Waals surface area contributed by atoms with E-state index < -0.39 is 0 Å². The number of hydrogen-bond acceptors (Lipinski definition) is 1. The predicted molar refractivity (Wildman–Crippen MR) is 65.8 cm³/mol. The molecular formula is C14H24O. The topological polar surface area (TPSA) is 9.23 Å². The minimum absolute atomic E-state index is 0.0460. The van der Waals surface area contributed by atoms with Crippen LogP contribution in [-0.4, -0.2) is 5.60 Å². The van der Waals surface area contributed by atoms with Gasteiger partial charge in [0.15, 0.2) is 0 Å². The number of ether oxygens (including phenoxy) is 1. The lowest BCUT2D eigenvalue weighted by molar-refractivity contribution is 0.0569. The zero-order valence-electron chi connectivity index (χ0n) is 10.8. The van der Waals surface area contributed by atoms with Gasteiger partial charge in [-0.3, -0.25) is 0 Å². The van der Waals surface area contributed by atoms with E-state index in [9.17, 15) is 0 Å². The maximum atomic E-state index is 5.88. The minimum Gasteiger partial charge on any atom is -0.492 e. The summed E-state index contributed by atoms with van der Waals surface area (Å²) in [6.07, 6.45) is 6.96. The molecule has 0 N–H and O–H groups in total. The molecule has 2 aliphatic rings. The van der Waals surface area contributed by atoms with Crippen molar-refractivity contribution in [3.8, 4) is 0 Å². The van der Waals surface area contributed by atoms with E-state index in [4.69, 9.17) is 4.74 Å². The molecule has 0 aromatic carbocycles. The van der Waals surface area contributed by atoms with Gasteiger partial charge in [-0.05, 0) is 32.3 Å². The zero-order chi connectivity index (χ0) is 11.5. The Bertz CT molecular complexity index is 282. The molecule has 0 saturated carbocycles. The van der Waals surface area contributed by atoms with Gasteiger partial charge in [-0.25, -0.2) is 0 Å². The molecule has 0 aromatic rings. The second-order valence-electron chi connectivity index (χ2n) is 4.64. The average molecular weight is 208 g/mol. The molecule has 1 aliphatic carbocycles. The highest BCUT2D eigenvalue weighted by Gasteiger charge is 2.32. The van der Waals surface area contributed by atoms with Gasteiger partial charge < -0.3 is 4.74 Å². The van der Waals surface area contributed by atoms with Gasteiger partial charge in [0.25, 0.3) is 0 Å². The molecule has 0 aromatic heterocycles. The van der Waals surface area contributed by atoms with Crippen molar-refractivity contribution < 1.29 is 4.74 Å². The summed E-state index contributed by atoms with van der Waals surface area (Å²) in [4.78, 5) is 0. The summed E-state index contributed by atoms with van der Waals surface area (Å²) in [5.74, 6) is 1.25. The summed E-state index contributed by atoms with van der Waals surface area (Å²) < 4.78 is 5.88. The highest BCUT2D eigenvalue weighted by Crippen LogP contribution is 2.40. The highest BCUT2D eigenvalue weighted by molar-refractivity contribution is 5.35. The van der Waals surface area contributed by atoms with E-state index in [1.165, 1.54) is 24.2 Å². The van der Waals surface area contributed by atoms with E-state index >= 15 is 0 Å². The number of hydrogen-bond donors (Lipinski definition) is 0. The van der Waals surface area contributed by atoms with Crippen LogP contribution >= 0.6 is 0 Å². The van der Waals surface area contributed by atoms with Crippen molar-refractivity contribution in [3.63, 3.8) is 0 Å². The van der Waals surface area contributed by atoms with Crippen molar-refractivity contribution >= 4 is 0 Å². The van der Waals surface area contributed by atoms with Gasteiger partial charge in [-0.15, -0.1) is 0 Å². The Morgan fingerprint density at radius 2 is 1.93 bits per heavy atom. The molecule has 0 unspecified atom stereocenters. The first-order chi connectivity index (χ1) is 7.11. The molecule has 2 rings (SSSR count). The SMILES string of the molecule is CC.CCC1=CC2=C(CC1)OC(C)(C)C2. The van der Waals surface area contributed by atoms with Crippen molar-refractivity contribution in [2.24, 2.45) is 0 Å². The fourth-order valence-electron chi connectivity index (χ4n) is 2.21. The lowest BCUT2D eigenvalue weighted by Crippen LogP contribution is -2.17. The normalized spacial score (nSPS) is 22.3. The predicted octanol–water partition coefficient (Wildman–Crippen LogP) is 4.60. The van der Waals surface area contributed by atoms with Gasteiger partial charge >= 0.3 is 0 Å². The molecule has 1 heterocycles.